The number of halogens is 3. The molecule has 21 heavy (non-hydrogen) atoms. The first-order chi connectivity index (χ1) is 9.97. The molecule has 2 rings (SSSR count). The summed E-state index contributed by atoms with van der Waals surface area (Å²) in [5.41, 5.74) is 0.0467. The highest BCUT2D eigenvalue weighted by molar-refractivity contribution is 8.00. The summed E-state index contributed by atoms with van der Waals surface area (Å²) in [5, 5.41) is 2.14. The zero-order valence-corrected chi connectivity index (χ0v) is 12.6. The van der Waals surface area contributed by atoms with Crippen molar-refractivity contribution in [2.24, 2.45) is 0 Å². The quantitative estimate of drug-likeness (QED) is 0.822. The lowest BCUT2D eigenvalue weighted by atomic mass is 10.3. The molecule has 2 aromatic carbocycles. The van der Waals surface area contributed by atoms with E-state index in [9.17, 15) is 13.6 Å². The largest absolute Gasteiger partial charge is 0.323 e. The molecule has 6 heteroatoms. The van der Waals surface area contributed by atoms with Crippen LogP contribution in [0.2, 0.25) is 5.02 Å². The van der Waals surface area contributed by atoms with Gasteiger partial charge in [0.1, 0.15) is 11.6 Å². The number of benzene rings is 2. The lowest BCUT2D eigenvalue weighted by Gasteiger charge is -2.13. The molecule has 0 unspecified atom stereocenters. The van der Waals surface area contributed by atoms with Crippen LogP contribution in [0, 0.1) is 11.6 Å². The van der Waals surface area contributed by atoms with Crippen molar-refractivity contribution in [3.05, 3.63) is 59.1 Å². The maximum Gasteiger partial charge on any atom is 0.237 e. The van der Waals surface area contributed by atoms with E-state index in [1.807, 2.05) is 0 Å². The van der Waals surface area contributed by atoms with Crippen LogP contribution in [0.4, 0.5) is 14.5 Å². The molecule has 1 amide bonds. The van der Waals surface area contributed by atoms with Gasteiger partial charge in [-0.2, -0.15) is 0 Å². The van der Waals surface area contributed by atoms with Crippen molar-refractivity contribution in [1.82, 2.24) is 0 Å². The Hall–Kier alpha value is -1.59. The van der Waals surface area contributed by atoms with Gasteiger partial charge < -0.3 is 5.32 Å². The standard InChI is InChI=1S/C15H12ClF2NOS/c1-9(21-14-5-3-2-4-11(14)17)15(20)19-13-7-6-10(16)8-12(13)18/h2-9H,1H3,(H,19,20)/t9-/m1/s1. The third-order valence-electron chi connectivity index (χ3n) is 2.70. The molecule has 0 saturated heterocycles. The molecule has 0 aliphatic rings. The molecule has 2 aromatic rings. The molecule has 0 radical (unpaired) electrons. The van der Waals surface area contributed by atoms with Crippen LogP contribution in [0.1, 0.15) is 6.92 Å². The Morgan fingerprint density at radius 3 is 2.57 bits per heavy atom. The monoisotopic (exact) mass is 327 g/mol. The van der Waals surface area contributed by atoms with E-state index in [1.165, 1.54) is 18.2 Å². The Labute approximate surface area is 130 Å². The van der Waals surface area contributed by atoms with Crippen molar-refractivity contribution < 1.29 is 13.6 Å². The Balaban J connectivity index is 2.04. The fourth-order valence-corrected chi connectivity index (χ4v) is 2.65. The van der Waals surface area contributed by atoms with Gasteiger partial charge in [-0.3, -0.25) is 4.79 Å². The SMILES string of the molecule is C[C@@H](Sc1ccccc1F)C(=O)Nc1ccc(Cl)cc1F. The molecule has 0 aliphatic heterocycles. The van der Waals surface area contributed by atoms with Gasteiger partial charge in [0.25, 0.3) is 0 Å². The lowest BCUT2D eigenvalue weighted by Crippen LogP contribution is -2.23. The van der Waals surface area contributed by atoms with Gasteiger partial charge in [0.05, 0.1) is 10.9 Å². The first-order valence-electron chi connectivity index (χ1n) is 6.14. The van der Waals surface area contributed by atoms with Gasteiger partial charge in [-0.05, 0) is 37.3 Å². The maximum atomic E-state index is 13.6. The molecule has 0 aromatic heterocycles. The van der Waals surface area contributed by atoms with Crippen molar-refractivity contribution in [2.75, 3.05) is 5.32 Å². The number of hydrogen-bond acceptors (Lipinski definition) is 2. The van der Waals surface area contributed by atoms with Crippen molar-refractivity contribution in [3.8, 4) is 0 Å². The molecule has 0 aliphatic carbocycles. The molecule has 0 heterocycles. The Morgan fingerprint density at radius 2 is 1.90 bits per heavy atom. The molecule has 0 spiro atoms. The van der Waals surface area contributed by atoms with Crippen molar-refractivity contribution >= 4 is 35.0 Å². The summed E-state index contributed by atoms with van der Waals surface area (Å²) >= 11 is 6.71. The second-order valence-corrected chi connectivity index (χ2v) is 6.12. The van der Waals surface area contributed by atoms with E-state index < -0.39 is 17.0 Å². The van der Waals surface area contributed by atoms with Crippen LogP contribution >= 0.6 is 23.4 Å². The van der Waals surface area contributed by atoms with Gasteiger partial charge in [0.15, 0.2) is 0 Å². The summed E-state index contributed by atoms with van der Waals surface area (Å²) in [6.07, 6.45) is 0. The van der Waals surface area contributed by atoms with Gasteiger partial charge in [-0.15, -0.1) is 11.8 Å². The van der Waals surface area contributed by atoms with Crippen LogP contribution in [0.25, 0.3) is 0 Å². The zero-order chi connectivity index (χ0) is 15.4. The predicted molar refractivity (Wildman–Crippen MR) is 81.8 cm³/mol. The van der Waals surface area contributed by atoms with Crippen LogP contribution in [0.5, 0.6) is 0 Å². The summed E-state index contributed by atoms with van der Waals surface area (Å²) < 4.78 is 27.1. The highest BCUT2D eigenvalue weighted by Crippen LogP contribution is 2.27. The minimum atomic E-state index is -0.612. The molecule has 1 N–H and O–H groups in total. The second kappa shape index (κ2) is 6.91. The third-order valence-corrected chi connectivity index (χ3v) is 4.09. The first-order valence-corrected chi connectivity index (χ1v) is 7.40. The highest BCUT2D eigenvalue weighted by Gasteiger charge is 2.17. The minimum absolute atomic E-state index is 0.0467. The average molecular weight is 328 g/mol. The van der Waals surface area contributed by atoms with E-state index >= 15 is 0 Å². The Bertz CT molecular complexity index is 666. The fraction of sp³-hybridized carbons (Fsp3) is 0.133. The molecule has 0 fully saturated rings. The summed E-state index contributed by atoms with van der Waals surface area (Å²) in [6, 6.07) is 10.2. The molecule has 0 bridgehead atoms. The number of nitrogens with one attached hydrogen (secondary N) is 1. The van der Waals surface area contributed by atoms with E-state index in [1.54, 1.807) is 25.1 Å². The third kappa shape index (κ3) is 4.19. The fourth-order valence-electron chi connectivity index (χ4n) is 1.61. The van der Waals surface area contributed by atoms with Gasteiger partial charge in [0.2, 0.25) is 5.91 Å². The van der Waals surface area contributed by atoms with Gasteiger partial charge >= 0.3 is 0 Å². The Morgan fingerprint density at radius 1 is 1.19 bits per heavy atom. The summed E-state index contributed by atoms with van der Waals surface area (Å²) in [5.74, 6) is -1.41. The maximum absolute atomic E-state index is 13.6. The smallest absolute Gasteiger partial charge is 0.237 e. The molecule has 0 saturated carbocycles. The summed E-state index contributed by atoms with van der Waals surface area (Å²) in [4.78, 5) is 12.4. The normalized spacial score (nSPS) is 12.0. The number of anilines is 1. The van der Waals surface area contributed by atoms with E-state index in [0.29, 0.717) is 4.90 Å². The zero-order valence-electron chi connectivity index (χ0n) is 11.1. The van der Waals surface area contributed by atoms with Crippen molar-refractivity contribution in [2.45, 2.75) is 17.1 Å². The van der Waals surface area contributed by atoms with Crippen LogP contribution in [0.15, 0.2) is 47.4 Å². The van der Waals surface area contributed by atoms with Gasteiger partial charge in [-0.25, -0.2) is 8.78 Å². The van der Waals surface area contributed by atoms with E-state index in [2.05, 4.69) is 5.32 Å². The number of amides is 1. The number of thioether (sulfide) groups is 1. The second-order valence-electron chi connectivity index (χ2n) is 4.30. The molecule has 1 atom stereocenters. The topological polar surface area (TPSA) is 29.1 Å². The van der Waals surface area contributed by atoms with Crippen molar-refractivity contribution in [3.63, 3.8) is 0 Å². The van der Waals surface area contributed by atoms with E-state index in [4.69, 9.17) is 11.6 Å². The van der Waals surface area contributed by atoms with Crippen LogP contribution in [-0.4, -0.2) is 11.2 Å². The van der Waals surface area contributed by atoms with Crippen LogP contribution in [-0.2, 0) is 4.79 Å². The van der Waals surface area contributed by atoms with Crippen LogP contribution < -0.4 is 5.32 Å². The predicted octanol–water partition coefficient (Wildman–Crippen LogP) is 4.74. The van der Waals surface area contributed by atoms with E-state index in [0.717, 1.165) is 17.8 Å². The van der Waals surface area contributed by atoms with Gasteiger partial charge in [0, 0.05) is 9.92 Å². The summed E-state index contributed by atoms with van der Waals surface area (Å²) in [7, 11) is 0. The molecule has 110 valence electrons. The Kier molecular flexibility index (Phi) is 5.20. The first kappa shape index (κ1) is 15.8. The lowest BCUT2D eigenvalue weighted by molar-refractivity contribution is -0.115. The number of hydrogen-bond donors (Lipinski definition) is 1. The number of carbonyl (C=O) groups is 1. The van der Waals surface area contributed by atoms with Gasteiger partial charge in [-0.1, -0.05) is 23.7 Å². The molecular weight excluding hydrogens is 316 g/mol. The summed E-state index contributed by atoms with van der Waals surface area (Å²) in [6.45, 7) is 1.63. The van der Waals surface area contributed by atoms with E-state index in [-0.39, 0.29) is 16.5 Å². The minimum Gasteiger partial charge on any atom is -0.323 e. The highest BCUT2D eigenvalue weighted by atomic mass is 35.5. The molecule has 2 nitrogen and oxygen atoms in total. The van der Waals surface area contributed by atoms with Crippen molar-refractivity contribution in [1.29, 1.82) is 0 Å². The number of rotatable bonds is 4. The number of carbonyl (C=O) groups excluding carboxylic acids is 1. The van der Waals surface area contributed by atoms with Crippen LogP contribution in [0.3, 0.4) is 0 Å². The average Bonchev–Trinajstić information content (AvgIpc) is 2.44. The molecular formula is C15H12ClF2NOS.